The number of nitrogens with zero attached hydrogens (tertiary/aromatic N) is 2. The van der Waals surface area contributed by atoms with Gasteiger partial charge in [-0.05, 0) is 25.5 Å². The van der Waals surface area contributed by atoms with E-state index in [9.17, 15) is 4.21 Å². The van der Waals surface area contributed by atoms with E-state index in [1.54, 1.807) is 0 Å². The molecule has 2 atom stereocenters. The molecule has 0 fully saturated rings. The largest absolute Gasteiger partial charge is 0.330 e. The third kappa shape index (κ3) is 3.42. The molecule has 1 rings (SSSR count). The molecule has 92 valence electrons. The summed E-state index contributed by atoms with van der Waals surface area (Å²) in [4.78, 5) is 0. The molecule has 0 radical (unpaired) electrons. The van der Waals surface area contributed by atoms with Crippen LogP contribution in [-0.2, 0) is 30.0 Å². The van der Waals surface area contributed by atoms with Crippen molar-refractivity contribution in [1.82, 2.24) is 9.78 Å². The van der Waals surface area contributed by atoms with E-state index in [1.807, 2.05) is 24.7 Å². The molecule has 0 aromatic carbocycles. The Hall–Kier alpha value is -0.680. The van der Waals surface area contributed by atoms with Gasteiger partial charge in [0.1, 0.15) is 0 Å². The van der Waals surface area contributed by atoms with E-state index < -0.39 is 10.8 Å². The van der Waals surface area contributed by atoms with Crippen LogP contribution in [0.1, 0.15) is 31.7 Å². The number of aryl methyl sites for hydroxylation is 2. The third-order valence-electron chi connectivity index (χ3n) is 2.70. The number of hydrogen-bond donors (Lipinski definition) is 1. The van der Waals surface area contributed by atoms with Crippen LogP contribution >= 0.6 is 0 Å². The second kappa shape index (κ2) is 6.15. The maximum atomic E-state index is 12.0. The maximum Gasteiger partial charge on any atom is 0.0658 e. The molecule has 2 N–H and O–H groups in total. The van der Waals surface area contributed by atoms with Crippen LogP contribution < -0.4 is 5.73 Å². The maximum absolute atomic E-state index is 12.0. The SMILES string of the molecule is CCc1cc(CS(=O)C(C)CCN)n(C)n1. The molecule has 0 aliphatic carbocycles. The zero-order valence-electron chi connectivity index (χ0n) is 10.3. The van der Waals surface area contributed by atoms with E-state index in [1.165, 1.54) is 0 Å². The summed E-state index contributed by atoms with van der Waals surface area (Å²) >= 11 is 0. The monoisotopic (exact) mass is 243 g/mol. The fourth-order valence-corrected chi connectivity index (χ4v) is 2.78. The summed E-state index contributed by atoms with van der Waals surface area (Å²) in [5.41, 5.74) is 7.56. The van der Waals surface area contributed by atoms with Crippen LogP contribution in [0.5, 0.6) is 0 Å². The van der Waals surface area contributed by atoms with E-state index in [4.69, 9.17) is 5.73 Å². The van der Waals surface area contributed by atoms with Crippen LogP contribution in [0.4, 0.5) is 0 Å². The fourth-order valence-electron chi connectivity index (χ4n) is 1.53. The molecule has 0 amide bonds. The van der Waals surface area contributed by atoms with Crippen molar-refractivity contribution in [1.29, 1.82) is 0 Å². The van der Waals surface area contributed by atoms with Crippen LogP contribution in [0.15, 0.2) is 6.07 Å². The second-order valence-electron chi connectivity index (χ2n) is 4.02. The van der Waals surface area contributed by atoms with Gasteiger partial charge in [-0.25, -0.2) is 0 Å². The zero-order valence-corrected chi connectivity index (χ0v) is 11.1. The molecule has 0 aliphatic rings. The molecule has 1 aromatic rings. The molecule has 1 heterocycles. The van der Waals surface area contributed by atoms with Crippen molar-refractivity contribution in [2.24, 2.45) is 12.8 Å². The summed E-state index contributed by atoms with van der Waals surface area (Å²) < 4.78 is 13.8. The molecular weight excluding hydrogens is 222 g/mol. The third-order valence-corrected chi connectivity index (χ3v) is 4.42. The van der Waals surface area contributed by atoms with Crippen molar-refractivity contribution < 1.29 is 4.21 Å². The highest BCUT2D eigenvalue weighted by Crippen LogP contribution is 2.10. The highest BCUT2D eigenvalue weighted by Gasteiger charge is 2.13. The molecule has 0 aliphatic heterocycles. The normalized spacial score (nSPS) is 15.0. The van der Waals surface area contributed by atoms with E-state index in [0.29, 0.717) is 12.3 Å². The van der Waals surface area contributed by atoms with Crippen LogP contribution in [0, 0.1) is 0 Å². The van der Waals surface area contributed by atoms with Gasteiger partial charge in [-0.15, -0.1) is 0 Å². The van der Waals surface area contributed by atoms with Gasteiger partial charge in [0.2, 0.25) is 0 Å². The Labute approximate surface area is 99.7 Å². The first kappa shape index (κ1) is 13.4. The first-order valence-electron chi connectivity index (χ1n) is 5.67. The molecule has 2 unspecified atom stereocenters. The number of rotatable bonds is 6. The Morgan fingerprint density at radius 2 is 2.31 bits per heavy atom. The first-order chi connectivity index (χ1) is 7.58. The summed E-state index contributed by atoms with van der Waals surface area (Å²) in [7, 11) is 1.05. The molecule has 0 spiro atoms. The number of nitrogens with two attached hydrogens (primary N) is 1. The average Bonchev–Trinajstić information content (AvgIpc) is 2.60. The van der Waals surface area contributed by atoms with Crippen LogP contribution in [0.3, 0.4) is 0 Å². The highest BCUT2D eigenvalue weighted by molar-refractivity contribution is 7.84. The van der Waals surface area contributed by atoms with Gasteiger partial charge < -0.3 is 5.73 Å². The number of hydrogen-bond acceptors (Lipinski definition) is 3. The lowest BCUT2D eigenvalue weighted by Crippen LogP contribution is -2.18. The summed E-state index contributed by atoms with van der Waals surface area (Å²) in [5, 5.41) is 4.50. The summed E-state index contributed by atoms with van der Waals surface area (Å²) in [5.74, 6) is 0.574. The minimum absolute atomic E-state index is 0.157. The van der Waals surface area contributed by atoms with Crippen LogP contribution in [-0.4, -0.2) is 25.8 Å². The molecule has 0 saturated carbocycles. The molecule has 16 heavy (non-hydrogen) atoms. The molecule has 0 saturated heterocycles. The van der Waals surface area contributed by atoms with Crippen LogP contribution in [0.25, 0.3) is 0 Å². The van der Waals surface area contributed by atoms with Crippen molar-refractivity contribution in [3.8, 4) is 0 Å². The van der Waals surface area contributed by atoms with Crippen molar-refractivity contribution in [2.75, 3.05) is 6.54 Å². The van der Waals surface area contributed by atoms with Gasteiger partial charge in [-0.1, -0.05) is 13.8 Å². The highest BCUT2D eigenvalue weighted by atomic mass is 32.2. The smallest absolute Gasteiger partial charge is 0.0658 e. The van der Waals surface area contributed by atoms with Gasteiger partial charge in [0, 0.05) is 23.1 Å². The Balaban J connectivity index is 2.65. The van der Waals surface area contributed by atoms with Crippen LogP contribution in [0.2, 0.25) is 0 Å². The van der Waals surface area contributed by atoms with Crippen molar-refractivity contribution in [3.63, 3.8) is 0 Å². The lowest BCUT2D eigenvalue weighted by Gasteiger charge is -2.09. The van der Waals surface area contributed by atoms with Gasteiger partial charge >= 0.3 is 0 Å². The molecule has 0 bridgehead atoms. The standard InChI is InChI=1S/C11H21N3OS/c1-4-10-7-11(14(3)13-10)8-16(15)9(2)5-6-12/h7,9H,4-6,8,12H2,1-3H3. The minimum atomic E-state index is -0.855. The lowest BCUT2D eigenvalue weighted by atomic mass is 10.3. The summed E-state index contributed by atoms with van der Waals surface area (Å²) in [6.07, 6.45) is 1.73. The van der Waals surface area contributed by atoms with E-state index in [-0.39, 0.29) is 5.25 Å². The van der Waals surface area contributed by atoms with Gasteiger partial charge in [0.15, 0.2) is 0 Å². The molecule has 4 nitrogen and oxygen atoms in total. The zero-order chi connectivity index (χ0) is 12.1. The van der Waals surface area contributed by atoms with Gasteiger partial charge in [-0.2, -0.15) is 5.10 Å². The Morgan fingerprint density at radius 1 is 1.62 bits per heavy atom. The predicted octanol–water partition coefficient (Wildman–Crippen LogP) is 0.968. The van der Waals surface area contributed by atoms with E-state index in [0.717, 1.165) is 24.2 Å². The minimum Gasteiger partial charge on any atom is -0.330 e. The second-order valence-corrected chi connectivity index (χ2v) is 5.87. The molecule has 5 heteroatoms. The summed E-state index contributed by atoms with van der Waals surface area (Å²) in [6.45, 7) is 4.65. The average molecular weight is 243 g/mol. The molecule has 1 aromatic heterocycles. The quantitative estimate of drug-likeness (QED) is 0.810. The number of aromatic nitrogens is 2. The van der Waals surface area contributed by atoms with Gasteiger partial charge in [0.25, 0.3) is 0 Å². The van der Waals surface area contributed by atoms with E-state index >= 15 is 0 Å². The van der Waals surface area contributed by atoms with E-state index in [2.05, 4.69) is 12.0 Å². The fraction of sp³-hybridized carbons (Fsp3) is 0.727. The van der Waals surface area contributed by atoms with Crippen molar-refractivity contribution >= 4 is 10.8 Å². The van der Waals surface area contributed by atoms with Gasteiger partial charge in [0.05, 0.1) is 17.1 Å². The first-order valence-corrected chi connectivity index (χ1v) is 7.05. The van der Waals surface area contributed by atoms with Crippen molar-refractivity contribution in [3.05, 3.63) is 17.5 Å². The Morgan fingerprint density at radius 3 is 2.81 bits per heavy atom. The molecular formula is C11H21N3OS. The summed E-state index contributed by atoms with van der Waals surface area (Å²) in [6, 6.07) is 2.03. The van der Waals surface area contributed by atoms with Crippen molar-refractivity contribution in [2.45, 2.75) is 37.7 Å². The predicted molar refractivity (Wildman–Crippen MR) is 67.6 cm³/mol. The Kier molecular flexibility index (Phi) is 5.15. The van der Waals surface area contributed by atoms with Gasteiger partial charge in [-0.3, -0.25) is 8.89 Å². The Bertz CT molecular complexity index is 362. The topological polar surface area (TPSA) is 60.9 Å². The lowest BCUT2D eigenvalue weighted by molar-refractivity contribution is 0.659.